The number of halogens is 1. The molecule has 18 heavy (non-hydrogen) atoms. The standard InChI is InChI=1S/C11H8ClN5O/c12-7-3-1-2-6(4-7)10-16-17-11(18-10)8-5-14-15-9(8)13/h1-5H,(H3,13,14,15). The average Bonchev–Trinajstić information content (AvgIpc) is 2.97. The summed E-state index contributed by atoms with van der Waals surface area (Å²) in [5.41, 5.74) is 7.01. The fourth-order valence-electron chi connectivity index (χ4n) is 1.54. The van der Waals surface area contributed by atoms with E-state index in [2.05, 4.69) is 20.4 Å². The number of aromatic nitrogens is 4. The van der Waals surface area contributed by atoms with Gasteiger partial charge in [-0.05, 0) is 18.2 Å². The van der Waals surface area contributed by atoms with Crippen molar-refractivity contribution in [3.8, 4) is 22.9 Å². The summed E-state index contributed by atoms with van der Waals surface area (Å²) >= 11 is 5.90. The van der Waals surface area contributed by atoms with Crippen molar-refractivity contribution in [2.75, 3.05) is 5.73 Å². The van der Waals surface area contributed by atoms with E-state index in [1.54, 1.807) is 12.1 Å². The summed E-state index contributed by atoms with van der Waals surface area (Å²) in [6, 6.07) is 7.17. The summed E-state index contributed by atoms with van der Waals surface area (Å²) in [4.78, 5) is 0. The van der Waals surface area contributed by atoms with E-state index in [0.29, 0.717) is 28.2 Å². The van der Waals surface area contributed by atoms with Crippen LogP contribution in [-0.4, -0.2) is 20.4 Å². The predicted octanol–water partition coefficient (Wildman–Crippen LogP) is 2.36. The molecule has 3 N–H and O–H groups in total. The van der Waals surface area contributed by atoms with E-state index in [1.165, 1.54) is 6.20 Å². The van der Waals surface area contributed by atoms with Gasteiger partial charge in [-0.2, -0.15) is 5.10 Å². The Balaban J connectivity index is 2.02. The molecule has 0 aliphatic rings. The zero-order chi connectivity index (χ0) is 12.5. The number of hydrogen-bond acceptors (Lipinski definition) is 5. The highest BCUT2D eigenvalue weighted by Gasteiger charge is 2.14. The normalized spacial score (nSPS) is 10.7. The van der Waals surface area contributed by atoms with E-state index in [0.717, 1.165) is 5.56 Å². The van der Waals surface area contributed by atoms with Crippen LogP contribution >= 0.6 is 11.6 Å². The van der Waals surface area contributed by atoms with Crippen molar-refractivity contribution in [1.29, 1.82) is 0 Å². The summed E-state index contributed by atoms with van der Waals surface area (Å²) in [5.74, 6) is 1.08. The molecule has 7 heteroatoms. The zero-order valence-corrected chi connectivity index (χ0v) is 9.85. The lowest BCUT2D eigenvalue weighted by Crippen LogP contribution is -1.87. The smallest absolute Gasteiger partial charge is 0.253 e. The van der Waals surface area contributed by atoms with Gasteiger partial charge >= 0.3 is 0 Å². The molecular weight excluding hydrogens is 254 g/mol. The number of nitrogen functional groups attached to an aromatic ring is 1. The fourth-order valence-corrected chi connectivity index (χ4v) is 1.73. The van der Waals surface area contributed by atoms with Crippen molar-refractivity contribution in [2.45, 2.75) is 0 Å². The van der Waals surface area contributed by atoms with Gasteiger partial charge in [0.15, 0.2) is 0 Å². The number of nitrogens with zero attached hydrogens (tertiary/aromatic N) is 3. The van der Waals surface area contributed by atoms with Gasteiger partial charge in [-0.15, -0.1) is 10.2 Å². The highest BCUT2D eigenvalue weighted by Crippen LogP contribution is 2.27. The van der Waals surface area contributed by atoms with Crippen LogP contribution in [0.25, 0.3) is 22.9 Å². The van der Waals surface area contributed by atoms with Crippen molar-refractivity contribution in [3.05, 3.63) is 35.5 Å². The van der Waals surface area contributed by atoms with E-state index in [1.807, 2.05) is 12.1 Å². The van der Waals surface area contributed by atoms with Crippen molar-refractivity contribution < 1.29 is 4.42 Å². The van der Waals surface area contributed by atoms with Gasteiger partial charge in [0.25, 0.3) is 5.89 Å². The van der Waals surface area contributed by atoms with Gasteiger partial charge in [-0.1, -0.05) is 17.7 Å². The molecule has 6 nitrogen and oxygen atoms in total. The van der Waals surface area contributed by atoms with E-state index < -0.39 is 0 Å². The molecule has 0 unspecified atom stereocenters. The van der Waals surface area contributed by atoms with Crippen molar-refractivity contribution in [3.63, 3.8) is 0 Å². The summed E-state index contributed by atoms with van der Waals surface area (Å²) in [6.45, 7) is 0. The fraction of sp³-hybridized carbons (Fsp3) is 0. The molecule has 90 valence electrons. The summed E-state index contributed by atoms with van der Waals surface area (Å²) < 4.78 is 5.53. The minimum absolute atomic E-state index is 0.316. The first kappa shape index (κ1) is 10.8. The third-order valence-corrected chi connectivity index (χ3v) is 2.63. The molecule has 0 fully saturated rings. The van der Waals surface area contributed by atoms with Crippen LogP contribution < -0.4 is 5.73 Å². The van der Waals surface area contributed by atoms with Crippen LogP contribution in [0.1, 0.15) is 0 Å². The van der Waals surface area contributed by atoms with Crippen LogP contribution in [0.2, 0.25) is 5.02 Å². The third-order valence-electron chi connectivity index (χ3n) is 2.40. The second kappa shape index (κ2) is 4.15. The number of H-pyrrole nitrogens is 1. The number of benzene rings is 1. The number of anilines is 1. The van der Waals surface area contributed by atoms with E-state index in [4.69, 9.17) is 21.8 Å². The maximum atomic E-state index is 5.90. The number of hydrogen-bond donors (Lipinski definition) is 2. The summed E-state index contributed by atoms with van der Waals surface area (Å²) in [6.07, 6.45) is 1.53. The number of rotatable bonds is 2. The minimum atomic E-state index is 0.316. The van der Waals surface area contributed by atoms with Gasteiger partial charge in [-0.25, -0.2) is 0 Å². The van der Waals surface area contributed by atoms with Crippen LogP contribution in [0.4, 0.5) is 5.82 Å². The minimum Gasteiger partial charge on any atom is -0.416 e. The van der Waals surface area contributed by atoms with Crippen molar-refractivity contribution in [1.82, 2.24) is 20.4 Å². The van der Waals surface area contributed by atoms with Crippen LogP contribution in [0.15, 0.2) is 34.9 Å². The largest absolute Gasteiger partial charge is 0.416 e. The molecule has 0 bridgehead atoms. The van der Waals surface area contributed by atoms with Gasteiger partial charge < -0.3 is 10.2 Å². The van der Waals surface area contributed by atoms with E-state index >= 15 is 0 Å². The maximum Gasteiger partial charge on any atom is 0.253 e. The van der Waals surface area contributed by atoms with Crippen molar-refractivity contribution in [2.24, 2.45) is 0 Å². The molecule has 0 aliphatic heterocycles. The molecule has 2 aromatic heterocycles. The Labute approximate surface area is 107 Å². The van der Waals surface area contributed by atoms with E-state index in [-0.39, 0.29) is 0 Å². The van der Waals surface area contributed by atoms with Gasteiger partial charge in [0.2, 0.25) is 5.89 Å². The molecule has 1 aromatic carbocycles. The van der Waals surface area contributed by atoms with Gasteiger partial charge in [-0.3, -0.25) is 5.10 Å². The second-order valence-corrected chi connectivity index (χ2v) is 4.06. The Hall–Kier alpha value is -2.34. The van der Waals surface area contributed by atoms with Gasteiger partial charge in [0.05, 0.1) is 6.20 Å². The molecule has 0 atom stereocenters. The SMILES string of the molecule is Nc1[nH]ncc1-c1nnc(-c2cccc(Cl)c2)o1. The van der Waals surface area contributed by atoms with Crippen LogP contribution in [0.3, 0.4) is 0 Å². The molecule has 0 amide bonds. The zero-order valence-electron chi connectivity index (χ0n) is 9.09. The Morgan fingerprint density at radius 1 is 1.22 bits per heavy atom. The lowest BCUT2D eigenvalue weighted by molar-refractivity contribution is 0.585. The van der Waals surface area contributed by atoms with Crippen LogP contribution in [0, 0.1) is 0 Å². The first-order chi connectivity index (χ1) is 8.74. The Morgan fingerprint density at radius 3 is 2.78 bits per heavy atom. The topological polar surface area (TPSA) is 93.6 Å². The predicted molar refractivity (Wildman–Crippen MR) is 66.7 cm³/mol. The molecule has 0 saturated heterocycles. The number of nitrogens with two attached hydrogens (primary N) is 1. The Bertz CT molecular complexity index is 690. The van der Waals surface area contributed by atoms with Crippen LogP contribution in [0.5, 0.6) is 0 Å². The monoisotopic (exact) mass is 261 g/mol. The maximum absolute atomic E-state index is 5.90. The highest BCUT2D eigenvalue weighted by atomic mass is 35.5. The Morgan fingerprint density at radius 2 is 2.06 bits per heavy atom. The third kappa shape index (κ3) is 1.82. The lowest BCUT2D eigenvalue weighted by Gasteiger charge is -1.94. The molecule has 0 radical (unpaired) electrons. The molecule has 0 spiro atoms. The molecule has 0 saturated carbocycles. The first-order valence-corrected chi connectivity index (χ1v) is 5.50. The van der Waals surface area contributed by atoms with E-state index in [9.17, 15) is 0 Å². The summed E-state index contributed by atoms with van der Waals surface area (Å²) in [7, 11) is 0. The molecule has 2 heterocycles. The Kier molecular flexibility index (Phi) is 2.49. The van der Waals surface area contributed by atoms with Crippen molar-refractivity contribution >= 4 is 17.4 Å². The van der Waals surface area contributed by atoms with Gasteiger partial charge in [0.1, 0.15) is 11.4 Å². The highest BCUT2D eigenvalue weighted by molar-refractivity contribution is 6.30. The van der Waals surface area contributed by atoms with Crippen LogP contribution in [-0.2, 0) is 0 Å². The molecule has 0 aliphatic carbocycles. The second-order valence-electron chi connectivity index (χ2n) is 3.62. The number of nitrogens with one attached hydrogen (secondary N) is 1. The molecule has 3 aromatic rings. The number of aromatic amines is 1. The molecular formula is C11H8ClN5O. The quantitative estimate of drug-likeness (QED) is 0.738. The molecule has 3 rings (SSSR count). The summed E-state index contributed by atoms with van der Waals surface area (Å²) in [5, 5.41) is 14.9. The lowest BCUT2D eigenvalue weighted by atomic mass is 10.2. The average molecular weight is 262 g/mol. The first-order valence-electron chi connectivity index (χ1n) is 5.12. The van der Waals surface area contributed by atoms with Gasteiger partial charge in [0, 0.05) is 10.6 Å².